The molecule has 2 rings (SSSR count). The first-order chi connectivity index (χ1) is 10.4. The van der Waals surface area contributed by atoms with E-state index in [9.17, 15) is 9.59 Å². The average molecular weight is 345 g/mol. The van der Waals surface area contributed by atoms with Crippen molar-refractivity contribution in [3.8, 4) is 0 Å². The number of nitrogens with two attached hydrogens (primary N) is 1. The van der Waals surface area contributed by atoms with Crippen LogP contribution >= 0.6 is 12.4 Å². The summed E-state index contributed by atoms with van der Waals surface area (Å²) in [5.41, 5.74) is 4.68. The molecule has 1 saturated heterocycles. The molecule has 2 heterocycles. The highest BCUT2D eigenvalue weighted by Crippen LogP contribution is 2.10. The quantitative estimate of drug-likeness (QED) is 0.839. The molecule has 1 aromatic heterocycles. The minimum atomic E-state index is -1.01. The Morgan fingerprint density at radius 3 is 2.43 bits per heavy atom. The lowest BCUT2D eigenvalue weighted by molar-refractivity contribution is -0.132. The van der Waals surface area contributed by atoms with Crippen molar-refractivity contribution in [2.45, 2.75) is 51.6 Å². The third kappa shape index (κ3) is 5.80. The van der Waals surface area contributed by atoms with Gasteiger partial charge in [-0.1, -0.05) is 12.8 Å². The Labute approximate surface area is 142 Å². The van der Waals surface area contributed by atoms with Gasteiger partial charge in [0.25, 0.3) is 0 Å². The molecule has 9 heteroatoms. The number of halogens is 1. The number of carbonyl (C=O) groups is 2. The van der Waals surface area contributed by atoms with Crippen LogP contribution in [0.25, 0.3) is 0 Å². The standard InChI is InChI=1S/C14H24N6O2.ClH/c1-14(2,15)12(22)17-13-16-10-20(18-13)9-11(21)19-7-5-3-4-6-8-19;/h10H,3-9,15H2,1-2H3,(H,17,18,22);1H. The molecule has 3 N–H and O–H groups in total. The van der Waals surface area contributed by atoms with E-state index in [1.54, 1.807) is 13.8 Å². The predicted molar refractivity (Wildman–Crippen MR) is 89.2 cm³/mol. The van der Waals surface area contributed by atoms with Crippen LogP contribution in [-0.2, 0) is 16.1 Å². The lowest BCUT2D eigenvalue weighted by Gasteiger charge is -2.19. The summed E-state index contributed by atoms with van der Waals surface area (Å²) in [4.78, 5) is 29.8. The van der Waals surface area contributed by atoms with Gasteiger partial charge in [0.15, 0.2) is 0 Å². The van der Waals surface area contributed by atoms with E-state index >= 15 is 0 Å². The topological polar surface area (TPSA) is 106 Å². The summed E-state index contributed by atoms with van der Waals surface area (Å²) in [6.07, 6.45) is 5.90. The number of likely N-dealkylation sites (tertiary alicyclic amines) is 1. The van der Waals surface area contributed by atoms with Crippen LogP contribution in [0, 0.1) is 0 Å². The zero-order valence-electron chi connectivity index (χ0n) is 13.6. The van der Waals surface area contributed by atoms with Crippen molar-refractivity contribution >= 4 is 30.2 Å². The molecule has 0 bridgehead atoms. The fraction of sp³-hybridized carbons (Fsp3) is 0.714. The molecule has 0 unspecified atom stereocenters. The Bertz CT molecular complexity index is 532. The molecule has 0 spiro atoms. The van der Waals surface area contributed by atoms with Gasteiger partial charge in [0.2, 0.25) is 17.8 Å². The highest BCUT2D eigenvalue weighted by molar-refractivity contribution is 5.95. The number of anilines is 1. The smallest absolute Gasteiger partial charge is 0.248 e. The van der Waals surface area contributed by atoms with Gasteiger partial charge >= 0.3 is 0 Å². The van der Waals surface area contributed by atoms with Crippen LogP contribution in [0.5, 0.6) is 0 Å². The molecule has 1 aliphatic heterocycles. The van der Waals surface area contributed by atoms with Crippen LogP contribution in [0.3, 0.4) is 0 Å². The van der Waals surface area contributed by atoms with E-state index in [0.29, 0.717) is 0 Å². The highest BCUT2D eigenvalue weighted by Gasteiger charge is 2.23. The van der Waals surface area contributed by atoms with Crippen molar-refractivity contribution in [1.29, 1.82) is 0 Å². The van der Waals surface area contributed by atoms with Gasteiger partial charge in [-0.25, -0.2) is 9.67 Å². The first-order valence-electron chi connectivity index (χ1n) is 7.64. The van der Waals surface area contributed by atoms with Gasteiger partial charge in [-0.15, -0.1) is 17.5 Å². The first-order valence-corrected chi connectivity index (χ1v) is 7.64. The van der Waals surface area contributed by atoms with Crippen LogP contribution in [-0.4, -0.2) is 50.1 Å². The monoisotopic (exact) mass is 344 g/mol. The Kier molecular flexibility index (Phi) is 6.96. The molecule has 1 aliphatic rings. The van der Waals surface area contributed by atoms with E-state index in [2.05, 4.69) is 15.4 Å². The summed E-state index contributed by atoms with van der Waals surface area (Å²) in [5, 5.41) is 6.63. The van der Waals surface area contributed by atoms with Crippen molar-refractivity contribution in [3.63, 3.8) is 0 Å². The maximum absolute atomic E-state index is 12.2. The molecule has 0 aliphatic carbocycles. The van der Waals surface area contributed by atoms with Crippen LogP contribution in [0.4, 0.5) is 5.95 Å². The first kappa shape index (κ1) is 19.4. The molecule has 23 heavy (non-hydrogen) atoms. The molecule has 0 aromatic carbocycles. The summed E-state index contributed by atoms with van der Waals surface area (Å²) < 4.78 is 1.44. The van der Waals surface area contributed by atoms with E-state index < -0.39 is 5.54 Å². The van der Waals surface area contributed by atoms with E-state index in [4.69, 9.17) is 5.73 Å². The molecule has 2 amide bonds. The number of rotatable bonds is 4. The number of aromatic nitrogens is 3. The lowest BCUT2D eigenvalue weighted by atomic mass is 10.1. The minimum Gasteiger partial charge on any atom is -0.341 e. The number of nitrogens with one attached hydrogen (secondary N) is 1. The van der Waals surface area contributed by atoms with Crippen molar-refractivity contribution < 1.29 is 9.59 Å². The molecule has 1 fully saturated rings. The third-order valence-electron chi connectivity index (χ3n) is 3.60. The Balaban J connectivity index is 0.00000264. The highest BCUT2D eigenvalue weighted by atomic mass is 35.5. The molecule has 8 nitrogen and oxygen atoms in total. The fourth-order valence-corrected chi connectivity index (χ4v) is 2.25. The Morgan fingerprint density at radius 1 is 1.26 bits per heavy atom. The van der Waals surface area contributed by atoms with Gasteiger partial charge in [0, 0.05) is 13.1 Å². The molecule has 130 valence electrons. The zero-order chi connectivity index (χ0) is 16.2. The second kappa shape index (κ2) is 8.26. The van der Waals surface area contributed by atoms with Crippen LogP contribution in [0.15, 0.2) is 6.33 Å². The second-order valence-electron chi connectivity index (χ2n) is 6.24. The van der Waals surface area contributed by atoms with E-state index in [0.717, 1.165) is 25.9 Å². The van der Waals surface area contributed by atoms with E-state index in [1.807, 2.05) is 4.90 Å². The minimum absolute atomic E-state index is 0. The van der Waals surface area contributed by atoms with Crippen LogP contribution in [0.1, 0.15) is 39.5 Å². The zero-order valence-corrected chi connectivity index (χ0v) is 14.4. The van der Waals surface area contributed by atoms with E-state index in [-0.39, 0.29) is 36.7 Å². The van der Waals surface area contributed by atoms with E-state index in [1.165, 1.54) is 23.9 Å². The summed E-state index contributed by atoms with van der Waals surface area (Å²) in [5.74, 6) is -0.180. The number of hydrogen-bond acceptors (Lipinski definition) is 5. The van der Waals surface area contributed by atoms with Crippen LogP contribution < -0.4 is 11.1 Å². The lowest BCUT2D eigenvalue weighted by Crippen LogP contribution is -2.45. The molecule has 0 radical (unpaired) electrons. The normalized spacial score (nSPS) is 15.5. The molecular formula is C14H25ClN6O2. The second-order valence-corrected chi connectivity index (χ2v) is 6.24. The maximum Gasteiger partial charge on any atom is 0.248 e. The van der Waals surface area contributed by atoms with Crippen molar-refractivity contribution in [3.05, 3.63) is 6.33 Å². The third-order valence-corrected chi connectivity index (χ3v) is 3.60. The van der Waals surface area contributed by atoms with Crippen molar-refractivity contribution in [2.24, 2.45) is 5.73 Å². The Morgan fingerprint density at radius 2 is 1.87 bits per heavy atom. The Hall–Kier alpha value is -1.67. The van der Waals surface area contributed by atoms with Crippen molar-refractivity contribution in [2.75, 3.05) is 18.4 Å². The van der Waals surface area contributed by atoms with Crippen molar-refractivity contribution in [1.82, 2.24) is 19.7 Å². The summed E-state index contributed by atoms with van der Waals surface area (Å²) in [6.45, 7) is 4.94. The fourth-order valence-electron chi connectivity index (χ4n) is 2.25. The number of carbonyl (C=O) groups excluding carboxylic acids is 2. The summed E-state index contributed by atoms with van der Waals surface area (Å²) in [7, 11) is 0. The largest absolute Gasteiger partial charge is 0.341 e. The summed E-state index contributed by atoms with van der Waals surface area (Å²) >= 11 is 0. The van der Waals surface area contributed by atoms with Gasteiger partial charge in [-0.3, -0.25) is 14.9 Å². The van der Waals surface area contributed by atoms with Gasteiger partial charge in [0.1, 0.15) is 12.9 Å². The van der Waals surface area contributed by atoms with Gasteiger partial charge in [0.05, 0.1) is 5.54 Å². The van der Waals surface area contributed by atoms with Gasteiger partial charge in [-0.2, -0.15) is 0 Å². The van der Waals surface area contributed by atoms with Gasteiger partial charge in [-0.05, 0) is 26.7 Å². The van der Waals surface area contributed by atoms with Crippen LogP contribution in [0.2, 0.25) is 0 Å². The predicted octanol–water partition coefficient (Wildman–Crippen LogP) is 0.778. The number of amides is 2. The maximum atomic E-state index is 12.2. The SMILES string of the molecule is CC(C)(N)C(=O)Nc1ncn(CC(=O)N2CCCCCC2)n1.Cl. The van der Waals surface area contributed by atoms with Gasteiger partial charge < -0.3 is 10.6 Å². The number of nitrogens with zero attached hydrogens (tertiary/aromatic N) is 4. The molecule has 0 atom stereocenters. The molecule has 1 aromatic rings. The summed E-state index contributed by atoms with van der Waals surface area (Å²) in [6, 6.07) is 0. The number of hydrogen-bond donors (Lipinski definition) is 2. The average Bonchev–Trinajstić information content (AvgIpc) is 2.71. The molecular weight excluding hydrogens is 320 g/mol. The molecule has 0 saturated carbocycles.